The van der Waals surface area contributed by atoms with Crippen molar-refractivity contribution < 1.29 is 9.90 Å². The molecule has 2 aromatic carbocycles. The molecule has 0 fully saturated rings. The van der Waals surface area contributed by atoms with Gasteiger partial charge in [0.15, 0.2) is 5.78 Å². The van der Waals surface area contributed by atoms with Crippen LogP contribution in [-0.4, -0.2) is 10.9 Å². The highest BCUT2D eigenvalue weighted by atomic mass is 32.1. The molecular weight excluding hydrogens is 304 g/mol. The van der Waals surface area contributed by atoms with E-state index in [1.807, 2.05) is 30.3 Å². The molecule has 0 atom stereocenters. The first-order valence-corrected chi connectivity index (χ1v) is 8.16. The van der Waals surface area contributed by atoms with Gasteiger partial charge in [-0.25, -0.2) is 0 Å². The predicted molar refractivity (Wildman–Crippen MR) is 95.0 cm³/mol. The molecule has 0 radical (unpaired) electrons. The lowest BCUT2D eigenvalue weighted by atomic mass is 10.1. The van der Waals surface area contributed by atoms with Crippen LogP contribution in [0.2, 0.25) is 0 Å². The molecule has 0 amide bonds. The zero-order valence-corrected chi connectivity index (χ0v) is 13.3. The maximum absolute atomic E-state index is 12.1. The number of hydrogen-bond donors (Lipinski definition) is 1. The quantitative estimate of drug-likeness (QED) is 0.534. The molecule has 1 N–H and O–H groups in total. The topological polar surface area (TPSA) is 37.3 Å². The van der Waals surface area contributed by atoms with Gasteiger partial charge in [-0.2, -0.15) is 0 Å². The average Bonchev–Trinajstić information content (AvgIpc) is 3.02. The third-order valence-electron chi connectivity index (χ3n) is 3.45. The highest BCUT2D eigenvalue weighted by Gasteiger charge is 2.03. The van der Waals surface area contributed by atoms with Crippen LogP contribution < -0.4 is 0 Å². The Balaban J connectivity index is 1.66. The first-order chi connectivity index (χ1) is 11.2. The molecule has 0 bridgehead atoms. The molecule has 0 spiro atoms. The van der Waals surface area contributed by atoms with E-state index in [2.05, 4.69) is 18.2 Å². The molecule has 0 aliphatic rings. The van der Waals surface area contributed by atoms with Crippen LogP contribution in [-0.2, 0) is 6.42 Å². The molecule has 0 saturated heterocycles. The number of allylic oxidation sites excluding steroid dienone is 1. The summed E-state index contributed by atoms with van der Waals surface area (Å²) in [5.41, 5.74) is 1.85. The van der Waals surface area contributed by atoms with Crippen molar-refractivity contribution in [3.63, 3.8) is 0 Å². The SMILES string of the molecule is O=C(/C=C/c1ccc(Cc2ccccc2)s1)c1ccc(O)cc1. The fraction of sp³-hybridized carbons (Fsp3) is 0.0500. The van der Waals surface area contributed by atoms with Crippen LogP contribution in [0.25, 0.3) is 6.08 Å². The molecule has 23 heavy (non-hydrogen) atoms. The maximum atomic E-state index is 12.1. The number of thiophene rings is 1. The molecule has 1 aromatic heterocycles. The third-order valence-corrected chi connectivity index (χ3v) is 4.50. The number of phenols is 1. The number of phenolic OH excluding ortho intramolecular Hbond substituents is 1. The molecule has 3 heteroatoms. The van der Waals surface area contributed by atoms with Crippen molar-refractivity contribution in [2.75, 3.05) is 0 Å². The largest absolute Gasteiger partial charge is 0.508 e. The number of carbonyl (C=O) groups is 1. The Labute approximate surface area is 139 Å². The first kappa shape index (κ1) is 15.3. The van der Waals surface area contributed by atoms with E-state index in [0.29, 0.717) is 5.56 Å². The second-order valence-corrected chi connectivity index (χ2v) is 6.41. The van der Waals surface area contributed by atoms with Crippen LogP contribution in [0.4, 0.5) is 0 Å². The molecule has 1 heterocycles. The van der Waals surface area contributed by atoms with Crippen LogP contribution in [0.5, 0.6) is 5.75 Å². The van der Waals surface area contributed by atoms with E-state index in [9.17, 15) is 9.90 Å². The summed E-state index contributed by atoms with van der Waals surface area (Å²) < 4.78 is 0. The van der Waals surface area contributed by atoms with Gasteiger partial charge in [-0.15, -0.1) is 11.3 Å². The van der Waals surface area contributed by atoms with Gasteiger partial charge in [0.25, 0.3) is 0 Å². The summed E-state index contributed by atoms with van der Waals surface area (Å²) >= 11 is 1.69. The van der Waals surface area contributed by atoms with E-state index in [-0.39, 0.29) is 11.5 Å². The van der Waals surface area contributed by atoms with Crippen molar-refractivity contribution in [3.8, 4) is 5.75 Å². The summed E-state index contributed by atoms with van der Waals surface area (Å²) in [7, 11) is 0. The lowest BCUT2D eigenvalue weighted by Crippen LogP contribution is -1.92. The van der Waals surface area contributed by atoms with Gasteiger partial charge in [-0.1, -0.05) is 30.3 Å². The maximum Gasteiger partial charge on any atom is 0.185 e. The van der Waals surface area contributed by atoms with E-state index < -0.39 is 0 Å². The summed E-state index contributed by atoms with van der Waals surface area (Å²) in [5.74, 6) is 0.0948. The van der Waals surface area contributed by atoms with E-state index in [1.165, 1.54) is 22.6 Å². The van der Waals surface area contributed by atoms with E-state index in [1.54, 1.807) is 29.5 Å². The Morgan fingerprint density at radius 2 is 1.70 bits per heavy atom. The van der Waals surface area contributed by atoms with Gasteiger partial charge in [0, 0.05) is 21.7 Å². The summed E-state index contributed by atoms with van der Waals surface area (Å²) in [6, 6.07) is 20.7. The Kier molecular flexibility index (Phi) is 4.69. The fourth-order valence-electron chi connectivity index (χ4n) is 2.26. The van der Waals surface area contributed by atoms with Gasteiger partial charge in [0.1, 0.15) is 5.75 Å². The van der Waals surface area contributed by atoms with Crippen LogP contribution in [0, 0.1) is 0 Å². The van der Waals surface area contributed by atoms with E-state index >= 15 is 0 Å². The third kappa shape index (κ3) is 4.18. The highest BCUT2D eigenvalue weighted by Crippen LogP contribution is 2.21. The number of carbonyl (C=O) groups excluding carboxylic acids is 1. The molecule has 114 valence electrons. The summed E-state index contributed by atoms with van der Waals surface area (Å²) in [4.78, 5) is 14.4. The zero-order valence-electron chi connectivity index (χ0n) is 12.5. The first-order valence-electron chi connectivity index (χ1n) is 7.35. The Hall–Kier alpha value is -2.65. The Morgan fingerprint density at radius 3 is 2.43 bits per heavy atom. The van der Waals surface area contributed by atoms with Gasteiger partial charge >= 0.3 is 0 Å². The second-order valence-electron chi connectivity index (χ2n) is 5.21. The summed E-state index contributed by atoms with van der Waals surface area (Å²) in [5, 5.41) is 9.24. The number of aromatic hydroxyl groups is 1. The minimum Gasteiger partial charge on any atom is -0.508 e. The second kappa shape index (κ2) is 7.07. The smallest absolute Gasteiger partial charge is 0.185 e. The monoisotopic (exact) mass is 320 g/mol. The molecule has 2 nitrogen and oxygen atoms in total. The van der Waals surface area contributed by atoms with Crippen LogP contribution in [0.1, 0.15) is 25.7 Å². The lowest BCUT2D eigenvalue weighted by molar-refractivity contribution is 0.104. The van der Waals surface area contributed by atoms with Crippen LogP contribution in [0.3, 0.4) is 0 Å². The van der Waals surface area contributed by atoms with Gasteiger partial charge in [-0.05, 0) is 54.1 Å². The van der Waals surface area contributed by atoms with Crippen molar-refractivity contribution in [1.29, 1.82) is 0 Å². The average molecular weight is 320 g/mol. The van der Waals surface area contributed by atoms with Gasteiger partial charge in [0.2, 0.25) is 0 Å². The number of benzene rings is 2. The van der Waals surface area contributed by atoms with Crippen LogP contribution >= 0.6 is 11.3 Å². The molecule has 0 saturated carbocycles. The van der Waals surface area contributed by atoms with E-state index in [4.69, 9.17) is 0 Å². The van der Waals surface area contributed by atoms with Crippen molar-refractivity contribution >= 4 is 23.2 Å². The molecular formula is C20H16O2S. The standard InChI is InChI=1S/C20H16O2S/c21-17-8-6-16(7-9-17)20(22)13-12-18-10-11-19(23-18)14-15-4-2-1-3-5-15/h1-13,21H,14H2/b13-12+. The Bertz CT molecular complexity index is 814. The van der Waals surface area contributed by atoms with E-state index in [0.717, 1.165) is 11.3 Å². The lowest BCUT2D eigenvalue weighted by Gasteiger charge is -1.97. The number of hydrogen-bond acceptors (Lipinski definition) is 3. The van der Waals surface area contributed by atoms with Gasteiger partial charge < -0.3 is 5.11 Å². The summed E-state index contributed by atoms with van der Waals surface area (Å²) in [6.45, 7) is 0. The molecule has 0 aliphatic carbocycles. The zero-order chi connectivity index (χ0) is 16.1. The summed E-state index contributed by atoms with van der Waals surface area (Å²) in [6.07, 6.45) is 4.32. The molecule has 0 unspecified atom stereocenters. The Morgan fingerprint density at radius 1 is 0.957 bits per heavy atom. The van der Waals surface area contributed by atoms with Crippen molar-refractivity contribution in [3.05, 3.63) is 93.7 Å². The van der Waals surface area contributed by atoms with Crippen molar-refractivity contribution in [2.24, 2.45) is 0 Å². The molecule has 3 aromatic rings. The number of rotatable bonds is 5. The molecule has 0 aliphatic heterocycles. The predicted octanol–water partition coefficient (Wildman–Crippen LogP) is 4.94. The van der Waals surface area contributed by atoms with Crippen molar-refractivity contribution in [2.45, 2.75) is 6.42 Å². The normalized spacial score (nSPS) is 11.0. The van der Waals surface area contributed by atoms with Gasteiger partial charge in [0.05, 0.1) is 0 Å². The minimum atomic E-state index is -0.0667. The minimum absolute atomic E-state index is 0.0667. The van der Waals surface area contributed by atoms with Crippen LogP contribution in [0.15, 0.2) is 72.8 Å². The highest BCUT2D eigenvalue weighted by molar-refractivity contribution is 7.12. The number of ketones is 1. The molecule has 3 rings (SSSR count). The van der Waals surface area contributed by atoms with Crippen molar-refractivity contribution in [1.82, 2.24) is 0 Å². The van der Waals surface area contributed by atoms with Gasteiger partial charge in [-0.3, -0.25) is 4.79 Å². The fourth-order valence-corrected chi connectivity index (χ4v) is 3.21.